The molecule has 4 nitrogen and oxygen atoms in total. The average molecular weight is 242 g/mol. The Balaban J connectivity index is 2.52. The molecular formula is C13H22O4. The SMILES string of the molecule is COCC(C)(OCC1CC=CCC1C)C(=O)O. The van der Waals surface area contributed by atoms with Gasteiger partial charge in [-0.15, -0.1) is 0 Å². The lowest BCUT2D eigenvalue weighted by Crippen LogP contribution is -2.44. The fraction of sp³-hybridized carbons (Fsp3) is 0.769. The average Bonchev–Trinajstić information content (AvgIpc) is 2.28. The molecule has 0 aromatic carbocycles. The monoisotopic (exact) mass is 242 g/mol. The van der Waals surface area contributed by atoms with Gasteiger partial charge in [0.25, 0.3) is 0 Å². The quantitative estimate of drug-likeness (QED) is 0.725. The second-order valence-electron chi connectivity index (χ2n) is 4.96. The molecule has 0 heterocycles. The molecule has 0 amide bonds. The first-order valence-electron chi connectivity index (χ1n) is 6.01. The summed E-state index contributed by atoms with van der Waals surface area (Å²) in [4.78, 5) is 11.1. The summed E-state index contributed by atoms with van der Waals surface area (Å²) < 4.78 is 10.5. The van der Waals surface area contributed by atoms with Crippen LogP contribution in [0.1, 0.15) is 26.7 Å². The number of allylic oxidation sites excluding steroid dienone is 2. The Morgan fingerprint density at radius 1 is 1.47 bits per heavy atom. The number of aliphatic carboxylic acids is 1. The van der Waals surface area contributed by atoms with E-state index in [4.69, 9.17) is 14.6 Å². The highest BCUT2D eigenvalue weighted by Gasteiger charge is 2.35. The van der Waals surface area contributed by atoms with Crippen molar-refractivity contribution in [3.63, 3.8) is 0 Å². The van der Waals surface area contributed by atoms with Crippen LogP contribution in [-0.2, 0) is 14.3 Å². The standard InChI is InChI=1S/C13H22O4/c1-10-6-4-5-7-11(10)8-17-13(2,9-16-3)12(14)15/h4-5,10-11H,6-9H2,1-3H3,(H,14,15). The van der Waals surface area contributed by atoms with E-state index in [1.807, 2.05) is 0 Å². The number of carbonyl (C=O) groups is 1. The summed E-state index contributed by atoms with van der Waals surface area (Å²) in [7, 11) is 1.48. The van der Waals surface area contributed by atoms with Crippen molar-refractivity contribution in [1.82, 2.24) is 0 Å². The van der Waals surface area contributed by atoms with Gasteiger partial charge in [0.05, 0.1) is 13.2 Å². The van der Waals surface area contributed by atoms with Crippen molar-refractivity contribution in [2.24, 2.45) is 11.8 Å². The van der Waals surface area contributed by atoms with Crippen molar-refractivity contribution in [3.05, 3.63) is 12.2 Å². The van der Waals surface area contributed by atoms with E-state index in [9.17, 15) is 4.79 Å². The van der Waals surface area contributed by atoms with Crippen molar-refractivity contribution in [2.75, 3.05) is 20.3 Å². The Morgan fingerprint density at radius 3 is 2.65 bits per heavy atom. The first-order valence-corrected chi connectivity index (χ1v) is 6.01. The summed E-state index contributed by atoms with van der Waals surface area (Å²) in [5.74, 6) is -0.0329. The largest absolute Gasteiger partial charge is 0.479 e. The van der Waals surface area contributed by atoms with E-state index in [-0.39, 0.29) is 6.61 Å². The fourth-order valence-corrected chi connectivity index (χ4v) is 1.97. The molecule has 0 aliphatic heterocycles. The summed E-state index contributed by atoms with van der Waals surface area (Å²) in [6, 6.07) is 0. The van der Waals surface area contributed by atoms with E-state index in [0.717, 1.165) is 12.8 Å². The number of methoxy groups -OCH3 is 1. The van der Waals surface area contributed by atoms with Crippen LogP contribution in [0.2, 0.25) is 0 Å². The van der Waals surface area contributed by atoms with Crippen LogP contribution in [0.4, 0.5) is 0 Å². The zero-order valence-electron chi connectivity index (χ0n) is 10.8. The third-order valence-electron chi connectivity index (χ3n) is 3.41. The third kappa shape index (κ3) is 3.82. The van der Waals surface area contributed by atoms with Gasteiger partial charge >= 0.3 is 5.97 Å². The van der Waals surface area contributed by atoms with E-state index in [0.29, 0.717) is 18.4 Å². The zero-order chi connectivity index (χ0) is 12.9. The molecule has 0 spiro atoms. The van der Waals surface area contributed by atoms with Crippen LogP contribution < -0.4 is 0 Å². The molecule has 0 aromatic rings. The molecule has 1 aliphatic rings. The van der Waals surface area contributed by atoms with Gasteiger partial charge in [-0.1, -0.05) is 19.1 Å². The van der Waals surface area contributed by atoms with Gasteiger partial charge < -0.3 is 14.6 Å². The molecule has 0 saturated heterocycles. The molecule has 1 aliphatic carbocycles. The van der Waals surface area contributed by atoms with Gasteiger partial charge in [0.15, 0.2) is 5.60 Å². The number of carboxylic acid groups (broad SMARTS) is 1. The Bertz CT molecular complexity index is 287. The summed E-state index contributed by atoms with van der Waals surface area (Å²) in [6.45, 7) is 4.27. The minimum absolute atomic E-state index is 0.0687. The predicted molar refractivity (Wildman–Crippen MR) is 64.9 cm³/mol. The number of hydrogen-bond acceptors (Lipinski definition) is 3. The summed E-state index contributed by atoms with van der Waals surface area (Å²) in [5, 5.41) is 9.14. The van der Waals surface area contributed by atoms with E-state index >= 15 is 0 Å². The maximum atomic E-state index is 11.1. The van der Waals surface area contributed by atoms with Crippen molar-refractivity contribution in [1.29, 1.82) is 0 Å². The van der Waals surface area contributed by atoms with Crippen molar-refractivity contribution in [3.8, 4) is 0 Å². The summed E-state index contributed by atoms with van der Waals surface area (Å²) in [6.07, 6.45) is 6.32. The highest BCUT2D eigenvalue weighted by atomic mass is 16.6. The van der Waals surface area contributed by atoms with Gasteiger partial charge in [-0.25, -0.2) is 4.79 Å². The van der Waals surface area contributed by atoms with Gasteiger partial charge in [0.1, 0.15) is 0 Å². The molecule has 1 rings (SSSR count). The number of carboxylic acids is 1. The number of ether oxygens (including phenoxy) is 2. The molecule has 17 heavy (non-hydrogen) atoms. The van der Waals surface area contributed by atoms with Crippen molar-refractivity contribution >= 4 is 5.97 Å². The fourth-order valence-electron chi connectivity index (χ4n) is 1.97. The minimum Gasteiger partial charge on any atom is -0.479 e. The lowest BCUT2D eigenvalue weighted by atomic mass is 9.85. The Labute approximate surface area is 103 Å². The number of hydrogen-bond donors (Lipinski definition) is 1. The lowest BCUT2D eigenvalue weighted by molar-refractivity contribution is -0.173. The van der Waals surface area contributed by atoms with Gasteiger partial charge in [-0.2, -0.15) is 0 Å². The number of rotatable bonds is 6. The molecule has 4 heteroatoms. The van der Waals surface area contributed by atoms with Gasteiger partial charge in [-0.3, -0.25) is 0 Å². The molecular weight excluding hydrogens is 220 g/mol. The highest BCUT2D eigenvalue weighted by molar-refractivity contribution is 5.77. The van der Waals surface area contributed by atoms with Crippen LogP contribution in [0.15, 0.2) is 12.2 Å². The molecule has 0 aromatic heterocycles. The van der Waals surface area contributed by atoms with Crippen molar-refractivity contribution < 1.29 is 19.4 Å². The first kappa shape index (κ1) is 14.2. The Morgan fingerprint density at radius 2 is 2.12 bits per heavy atom. The maximum absolute atomic E-state index is 11.1. The molecule has 0 saturated carbocycles. The van der Waals surface area contributed by atoms with Gasteiger partial charge in [0.2, 0.25) is 0 Å². The summed E-state index contributed by atoms with van der Waals surface area (Å²) >= 11 is 0. The van der Waals surface area contributed by atoms with Crippen LogP contribution in [0, 0.1) is 11.8 Å². The normalized spacial score (nSPS) is 27.7. The topological polar surface area (TPSA) is 55.8 Å². The second kappa shape index (κ2) is 6.17. The van der Waals surface area contributed by atoms with Gasteiger partial charge in [-0.05, 0) is 31.6 Å². The van der Waals surface area contributed by atoms with E-state index in [1.54, 1.807) is 6.92 Å². The lowest BCUT2D eigenvalue weighted by Gasteiger charge is -2.30. The zero-order valence-corrected chi connectivity index (χ0v) is 10.8. The second-order valence-corrected chi connectivity index (χ2v) is 4.96. The maximum Gasteiger partial charge on any atom is 0.338 e. The molecule has 1 N–H and O–H groups in total. The van der Waals surface area contributed by atoms with E-state index < -0.39 is 11.6 Å². The molecule has 0 radical (unpaired) electrons. The van der Waals surface area contributed by atoms with Crippen LogP contribution >= 0.6 is 0 Å². The minimum atomic E-state index is -1.24. The first-order chi connectivity index (χ1) is 7.99. The predicted octanol–water partition coefficient (Wildman–Crippen LogP) is 2.10. The van der Waals surface area contributed by atoms with E-state index in [1.165, 1.54) is 7.11 Å². The molecule has 98 valence electrons. The highest BCUT2D eigenvalue weighted by Crippen LogP contribution is 2.26. The summed E-state index contributed by atoms with van der Waals surface area (Å²) in [5.41, 5.74) is -1.24. The van der Waals surface area contributed by atoms with E-state index in [2.05, 4.69) is 19.1 Å². The van der Waals surface area contributed by atoms with Crippen molar-refractivity contribution in [2.45, 2.75) is 32.3 Å². The van der Waals surface area contributed by atoms with Crippen LogP contribution in [-0.4, -0.2) is 37.0 Å². The van der Waals surface area contributed by atoms with Crippen LogP contribution in [0.3, 0.4) is 0 Å². The molecule has 3 unspecified atom stereocenters. The third-order valence-corrected chi connectivity index (χ3v) is 3.41. The Hall–Kier alpha value is -0.870. The molecule has 3 atom stereocenters. The smallest absolute Gasteiger partial charge is 0.338 e. The van der Waals surface area contributed by atoms with Gasteiger partial charge in [0, 0.05) is 7.11 Å². The molecule has 0 fully saturated rings. The Kier molecular flexibility index (Phi) is 5.15. The van der Waals surface area contributed by atoms with Crippen LogP contribution in [0.5, 0.6) is 0 Å². The van der Waals surface area contributed by atoms with Crippen LogP contribution in [0.25, 0.3) is 0 Å². The molecule has 0 bridgehead atoms.